The molecule has 1 N–H and O–H groups in total. The van der Waals surface area contributed by atoms with Crippen LogP contribution in [0.4, 0.5) is 5.69 Å². The molecular formula is C16H26N2S. The van der Waals surface area contributed by atoms with Gasteiger partial charge in [0.1, 0.15) is 0 Å². The highest BCUT2D eigenvalue weighted by Gasteiger charge is 2.26. The summed E-state index contributed by atoms with van der Waals surface area (Å²) in [6.07, 6.45) is 0. The van der Waals surface area contributed by atoms with E-state index in [0.29, 0.717) is 6.04 Å². The number of thioether (sulfide) groups is 1. The number of hydrogen-bond acceptors (Lipinski definition) is 3. The van der Waals surface area contributed by atoms with Crippen LogP contribution in [0.25, 0.3) is 0 Å². The van der Waals surface area contributed by atoms with Crippen molar-refractivity contribution >= 4 is 17.4 Å². The summed E-state index contributed by atoms with van der Waals surface area (Å²) in [4.78, 5) is 2.58. The molecule has 19 heavy (non-hydrogen) atoms. The van der Waals surface area contributed by atoms with Gasteiger partial charge in [-0.3, -0.25) is 0 Å². The molecule has 1 aliphatic heterocycles. The lowest BCUT2D eigenvalue weighted by Crippen LogP contribution is -2.45. The molecule has 1 aliphatic rings. The molecule has 3 heteroatoms. The lowest BCUT2D eigenvalue weighted by atomic mass is 10.1. The Kier molecular flexibility index (Phi) is 5.17. The highest BCUT2D eigenvalue weighted by Crippen LogP contribution is 2.31. The van der Waals surface area contributed by atoms with Crippen molar-refractivity contribution in [2.24, 2.45) is 0 Å². The van der Waals surface area contributed by atoms with Crippen molar-refractivity contribution in [3.8, 4) is 0 Å². The van der Waals surface area contributed by atoms with E-state index in [1.807, 2.05) is 0 Å². The van der Waals surface area contributed by atoms with Crippen LogP contribution in [0.2, 0.25) is 0 Å². The number of aryl methyl sites for hydroxylation is 1. The van der Waals surface area contributed by atoms with Crippen LogP contribution in [0.15, 0.2) is 18.2 Å². The van der Waals surface area contributed by atoms with Crippen LogP contribution < -0.4 is 10.2 Å². The van der Waals surface area contributed by atoms with E-state index in [9.17, 15) is 0 Å². The Hall–Kier alpha value is -0.670. The lowest BCUT2D eigenvalue weighted by Gasteiger charge is -2.40. The first-order valence-electron chi connectivity index (χ1n) is 7.32. The van der Waals surface area contributed by atoms with Gasteiger partial charge in [-0.05, 0) is 37.6 Å². The summed E-state index contributed by atoms with van der Waals surface area (Å²) in [6, 6.07) is 7.53. The monoisotopic (exact) mass is 278 g/mol. The maximum absolute atomic E-state index is 3.39. The van der Waals surface area contributed by atoms with E-state index in [1.54, 1.807) is 0 Å². The molecule has 0 radical (unpaired) electrons. The third-order valence-electron chi connectivity index (χ3n) is 4.03. The van der Waals surface area contributed by atoms with Gasteiger partial charge in [-0.25, -0.2) is 0 Å². The molecule has 1 fully saturated rings. The Morgan fingerprint density at radius 3 is 2.84 bits per heavy atom. The standard InChI is InChI=1S/C16H26N2S/c1-5-17-11-15-6-7-16(12(2)10-15)18-8-9-19-14(4)13(18)3/h6-7,10,13-14,17H,5,8-9,11H2,1-4H3. The molecule has 0 aromatic heterocycles. The molecular weight excluding hydrogens is 252 g/mol. The summed E-state index contributed by atoms with van der Waals surface area (Å²) >= 11 is 2.09. The zero-order chi connectivity index (χ0) is 13.8. The van der Waals surface area contributed by atoms with Crippen LogP contribution in [0.5, 0.6) is 0 Å². The summed E-state index contributed by atoms with van der Waals surface area (Å²) < 4.78 is 0. The van der Waals surface area contributed by atoms with E-state index < -0.39 is 0 Å². The lowest BCUT2D eigenvalue weighted by molar-refractivity contribution is 0.625. The van der Waals surface area contributed by atoms with Gasteiger partial charge in [-0.1, -0.05) is 26.0 Å². The van der Waals surface area contributed by atoms with E-state index in [-0.39, 0.29) is 0 Å². The summed E-state index contributed by atoms with van der Waals surface area (Å²) in [6.45, 7) is 12.3. The number of nitrogens with one attached hydrogen (secondary N) is 1. The fourth-order valence-electron chi connectivity index (χ4n) is 2.69. The summed E-state index contributed by atoms with van der Waals surface area (Å²) in [5, 5.41) is 4.11. The van der Waals surface area contributed by atoms with Crippen molar-refractivity contribution in [1.82, 2.24) is 5.32 Å². The van der Waals surface area contributed by atoms with Gasteiger partial charge in [0.25, 0.3) is 0 Å². The topological polar surface area (TPSA) is 15.3 Å². The first-order chi connectivity index (χ1) is 9.13. The van der Waals surface area contributed by atoms with Crippen LogP contribution in [0.3, 0.4) is 0 Å². The summed E-state index contributed by atoms with van der Waals surface area (Å²) in [5.41, 5.74) is 4.21. The summed E-state index contributed by atoms with van der Waals surface area (Å²) in [7, 11) is 0. The maximum Gasteiger partial charge on any atom is 0.0399 e. The largest absolute Gasteiger partial charge is 0.367 e. The molecule has 0 aliphatic carbocycles. The molecule has 1 heterocycles. The van der Waals surface area contributed by atoms with Crippen molar-refractivity contribution < 1.29 is 0 Å². The maximum atomic E-state index is 3.39. The highest BCUT2D eigenvalue weighted by atomic mass is 32.2. The SMILES string of the molecule is CCNCc1ccc(N2CCSC(C)C2C)c(C)c1. The Morgan fingerprint density at radius 2 is 2.16 bits per heavy atom. The number of rotatable bonds is 4. The molecule has 2 nitrogen and oxygen atoms in total. The van der Waals surface area contributed by atoms with Gasteiger partial charge in [-0.2, -0.15) is 11.8 Å². The second-order valence-corrected chi connectivity index (χ2v) is 6.90. The molecule has 2 unspecified atom stereocenters. The molecule has 0 bridgehead atoms. The second kappa shape index (κ2) is 6.67. The smallest absolute Gasteiger partial charge is 0.0399 e. The molecule has 0 saturated carbocycles. The average Bonchev–Trinajstić information content (AvgIpc) is 2.40. The average molecular weight is 278 g/mol. The molecule has 2 rings (SSSR count). The second-order valence-electron chi connectivity index (χ2n) is 5.41. The van der Waals surface area contributed by atoms with Gasteiger partial charge in [0.05, 0.1) is 0 Å². The zero-order valence-electron chi connectivity index (χ0n) is 12.6. The third kappa shape index (κ3) is 3.46. The van der Waals surface area contributed by atoms with E-state index in [0.717, 1.165) is 18.3 Å². The normalized spacial score (nSPS) is 23.7. The number of benzene rings is 1. The van der Waals surface area contributed by atoms with E-state index in [1.165, 1.54) is 29.1 Å². The van der Waals surface area contributed by atoms with Crippen LogP contribution in [0, 0.1) is 6.92 Å². The predicted molar refractivity (Wildman–Crippen MR) is 87.3 cm³/mol. The van der Waals surface area contributed by atoms with Gasteiger partial charge in [-0.15, -0.1) is 0 Å². The number of nitrogens with zero attached hydrogens (tertiary/aromatic N) is 1. The molecule has 106 valence electrons. The highest BCUT2D eigenvalue weighted by molar-refractivity contribution is 8.00. The Bertz CT molecular complexity index is 419. The fourth-order valence-corrected chi connectivity index (χ4v) is 3.79. The van der Waals surface area contributed by atoms with Gasteiger partial charge in [0.2, 0.25) is 0 Å². The van der Waals surface area contributed by atoms with Crippen LogP contribution in [-0.4, -0.2) is 30.1 Å². The Labute approximate surface area is 122 Å². The molecule has 2 atom stereocenters. The van der Waals surface area contributed by atoms with Crippen LogP contribution >= 0.6 is 11.8 Å². The molecule has 1 aromatic rings. The molecule has 1 aromatic carbocycles. The molecule has 0 amide bonds. The third-order valence-corrected chi connectivity index (χ3v) is 5.37. The van der Waals surface area contributed by atoms with Gasteiger partial charge >= 0.3 is 0 Å². The number of hydrogen-bond donors (Lipinski definition) is 1. The minimum absolute atomic E-state index is 0.622. The summed E-state index contributed by atoms with van der Waals surface area (Å²) in [5.74, 6) is 1.24. The van der Waals surface area contributed by atoms with E-state index in [2.05, 4.69) is 67.9 Å². The van der Waals surface area contributed by atoms with Gasteiger partial charge in [0.15, 0.2) is 0 Å². The first-order valence-corrected chi connectivity index (χ1v) is 8.37. The Balaban J connectivity index is 2.15. The molecule has 1 saturated heterocycles. The predicted octanol–water partition coefficient (Wildman–Crippen LogP) is 3.43. The fraction of sp³-hybridized carbons (Fsp3) is 0.625. The quantitative estimate of drug-likeness (QED) is 0.908. The van der Waals surface area contributed by atoms with Crippen molar-refractivity contribution in [2.75, 3.05) is 23.7 Å². The first kappa shape index (κ1) is 14.7. The van der Waals surface area contributed by atoms with Crippen molar-refractivity contribution in [1.29, 1.82) is 0 Å². The van der Waals surface area contributed by atoms with Crippen molar-refractivity contribution in [2.45, 2.75) is 45.5 Å². The number of anilines is 1. The van der Waals surface area contributed by atoms with Crippen molar-refractivity contribution in [3.63, 3.8) is 0 Å². The van der Waals surface area contributed by atoms with Crippen LogP contribution in [0.1, 0.15) is 31.9 Å². The van der Waals surface area contributed by atoms with E-state index >= 15 is 0 Å². The van der Waals surface area contributed by atoms with Gasteiger partial charge in [0, 0.05) is 35.8 Å². The van der Waals surface area contributed by atoms with E-state index in [4.69, 9.17) is 0 Å². The zero-order valence-corrected chi connectivity index (χ0v) is 13.4. The van der Waals surface area contributed by atoms with Gasteiger partial charge < -0.3 is 10.2 Å². The van der Waals surface area contributed by atoms with Crippen LogP contribution in [-0.2, 0) is 6.54 Å². The Morgan fingerprint density at radius 1 is 1.37 bits per heavy atom. The minimum atomic E-state index is 0.622. The minimum Gasteiger partial charge on any atom is -0.367 e. The van der Waals surface area contributed by atoms with Crippen molar-refractivity contribution in [3.05, 3.63) is 29.3 Å². The molecule has 0 spiro atoms.